The van der Waals surface area contributed by atoms with E-state index >= 15 is 0 Å². The summed E-state index contributed by atoms with van der Waals surface area (Å²) in [5, 5.41) is 15.6. The Balaban J connectivity index is 2.57. The third kappa shape index (κ3) is 1.64. The van der Waals surface area contributed by atoms with Crippen molar-refractivity contribution in [2.24, 2.45) is 0 Å². The van der Waals surface area contributed by atoms with Gasteiger partial charge in [-0.1, -0.05) is 16.1 Å². The van der Waals surface area contributed by atoms with Crippen LogP contribution in [0.4, 0.5) is 0 Å². The highest BCUT2D eigenvalue weighted by molar-refractivity contribution is 7.03. The first-order valence-corrected chi connectivity index (χ1v) is 4.75. The Labute approximate surface area is 83.8 Å². The summed E-state index contributed by atoms with van der Waals surface area (Å²) in [7, 11) is 0. The predicted molar refractivity (Wildman–Crippen MR) is 52.0 cm³/mol. The van der Waals surface area contributed by atoms with Gasteiger partial charge in [0.2, 0.25) is 0 Å². The van der Waals surface area contributed by atoms with E-state index in [1.165, 1.54) is 17.6 Å². The summed E-state index contributed by atoms with van der Waals surface area (Å²) in [6.45, 7) is 0. The number of rotatable bonds is 1. The van der Waals surface area contributed by atoms with Crippen molar-refractivity contribution in [2.45, 2.75) is 0 Å². The first-order chi connectivity index (χ1) is 6.27. The Morgan fingerprint density at radius 1 is 1.38 bits per heavy atom. The number of hydrogen-bond donors (Lipinski definition) is 1. The number of phenolic OH excluding ortho intramolecular Hbond substituents is 1. The second kappa shape index (κ2) is 3.32. The van der Waals surface area contributed by atoms with Crippen LogP contribution in [0, 0.1) is 0 Å². The number of aromatic hydroxyl groups is 1. The van der Waals surface area contributed by atoms with Crippen LogP contribution in [-0.4, -0.2) is 14.7 Å². The fourth-order valence-corrected chi connectivity index (χ4v) is 1.62. The molecule has 0 saturated carbocycles. The van der Waals surface area contributed by atoms with Crippen molar-refractivity contribution in [3.8, 4) is 17.0 Å². The zero-order valence-electron chi connectivity index (χ0n) is 6.44. The number of benzene rings is 1. The highest BCUT2D eigenvalue weighted by atomic mass is 35.5. The molecule has 0 unspecified atom stereocenters. The summed E-state index contributed by atoms with van der Waals surface area (Å²) in [5.41, 5.74) is 1.26. The van der Waals surface area contributed by atoms with Gasteiger partial charge in [0, 0.05) is 16.0 Å². The van der Waals surface area contributed by atoms with E-state index in [4.69, 9.17) is 11.6 Å². The van der Waals surface area contributed by atoms with Gasteiger partial charge in [0.15, 0.2) is 0 Å². The standard InChI is InChI=1S/C8H5ClN2OS/c9-5-1-2-8(12)6(3-5)7-4-13-11-10-7/h1-4,12H. The van der Waals surface area contributed by atoms with Gasteiger partial charge < -0.3 is 5.11 Å². The maximum Gasteiger partial charge on any atom is 0.125 e. The number of nitrogens with zero attached hydrogens (tertiary/aromatic N) is 2. The van der Waals surface area contributed by atoms with E-state index in [1.807, 2.05) is 0 Å². The number of aromatic nitrogens is 2. The van der Waals surface area contributed by atoms with Crippen LogP contribution in [0.3, 0.4) is 0 Å². The molecule has 0 spiro atoms. The minimum atomic E-state index is 0.164. The average molecular weight is 213 g/mol. The zero-order valence-corrected chi connectivity index (χ0v) is 8.01. The molecule has 0 saturated heterocycles. The molecule has 2 rings (SSSR count). The van der Waals surface area contributed by atoms with Crippen LogP contribution in [0.5, 0.6) is 5.75 Å². The molecule has 2 aromatic rings. The van der Waals surface area contributed by atoms with Gasteiger partial charge >= 0.3 is 0 Å². The summed E-state index contributed by atoms with van der Waals surface area (Å²) < 4.78 is 3.71. The lowest BCUT2D eigenvalue weighted by molar-refractivity contribution is 0.477. The summed E-state index contributed by atoms with van der Waals surface area (Å²) in [6.07, 6.45) is 0. The molecule has 0 amide bonds. The lowest BCUT2D eigenvalue weighted by atomic mass is 10.1. The van der Waals surface area contributed by atoms with Gasteiger partial charge in [-0.15, -0.1) is 5.10 Å². The van der Waals surface area contributed by atoms with E-state index in [1.54, 1.807) is 17.5 Å². The molecule has 66 valence electrons. The zero-order chi connectivity index (χ0) is 9.26. The van der Waals surface area contributed by atoms with Crippen molar-refractivity contribution in [2.75, 3.05) is 0 Å². The van der Waals surface area contributed by atoms with Crippen LogP contribution in [0.25, 0.3) is 11.3 Å². The monoisotopic (exact) mass is 212 g/mol. The lowest BCUT2D eigenvalue weighted by Gasteiger charge is -1.99. The summed E-state index contributed by atoms with van der Waals surface area (Å²) in [4.78, 5) is 0. The molecule has 1 aromatic heterocycles. The molecule has 0 aliphatic rings. The van der Waals surface area contributed by atoms with Crippen molar-refractivity contribution in [1.82, 2.24) is 9.59 Å². The van der Waals surface area contributed by atoms with Crippen molar-refractivity contribution < 1.29 is 5.11 Å². The molecular weight excluding hydrogens is 208 g/mol. The number of halogens is 1. The Kier molecular flexibility index (Phi) is 2.16. The fraction of sp³-hybridized carbons (Fsp3) is 0. The van der Waals surface area contributed by atoms with E-state index in [0.717, 1.165) is 0 Å². The average Bonchev–Trinajstić information content (AvgIpc) is 2.61. The highest BCUT2D eigenvalue weighted by Crippen LogP contribution is 2.30. The van der Waals surface area contributed by atoms with Gasteiger partial charge in [0.1, 0.15) is 11.4 Å². The number of phenols is 1. The third-order valence-corrected chi connectivity index (χ3v) is 2.33. The molecule has 0 atom stereocenters. The lowest BCUT2D eigenvalue weighted by Crippen LogP contribution is -1.79. The first-order valence-electron chi connectivity index (χ1n) is 3.53. The van der Waals surface area contributed by atoms with Gasteiger partial charge in [0.25, 0.3) is 0 Å². The molecule has 0 aliphatic carbocycles. The van der Waals surface area contributed by atoms with Crippen LogP contribution < -0.4 is 0 Å². The minimum Gasteiger partial charge on any atom is -0.507 e. The van der Waals surface area contributed by atoms with Gasteiger partial charge in [-0.3, -0.25) is 0 Å². The van der Waals surface area contributed by atoms with Crippen molar-refractivity contribution in [3.05, 3.63) is 28.6 Å². The third-order valence-electron chi connectivity index (χ3n) is 1.59. The van der Waals surface area contributed by atoms with Gasteiger partial charge in [-0.05, 0) is 29.7 Å². The van der Waals surface area contributed by atoms with Crippen molar-refractivity contribution in [1.29, 1.82) is 0 Å². The van der Waals surface area contributed by atoms with Crippen molar-refractivity contribution in [3.63, 3.8) is 0 Å². The molecular formula is C8H5ClN2OS. The Morgan fingerprint density at radius 2 is 2.23 bits per heavy atom. The highest BCUT2D eigenvalue weighted by Gasteiger charge is 2.06. The molecule has 0 fully saturated rings. The molecule has 13 heavy (non-hydrogen) atoms. The van der Waals surface area contributed by atoms with E-state index in [0.29, 0.717) is 16.3 Å². The predicted octanol–water partition coefficient (Wildman–Crippen LogP) is 2.56. The molecule has 5 heteroatoms. The summed E-state index contributed by atoms with van der Waals surface area (Å²) >= 11 is 7.01. The fourth-order valence-electron chi connectivity index (χ4n) is 0.995. The van der Waals surface area contributed by atoms with E-state index < -0.39 is 0 Å². The first kappa shape index (κ1) is 8.47. The molecule has 0 aliphatic heterocycles. The van der Waals surface area contributed by atoms with Crippen LogP contribution in [-0.2, 0) is 0 Å². The molecule has 1 aromatic carbocycles. The topological polar surface area (TPSA) is 46.0 Å². The van der Waals surface area contributed by atoms with Gasteiger partial charge in [-0.2, -0.15) is 0 Å². The number of hydrogen-bond acceptors (Lipinski definition) is 4. The van der Waals surface area contributed by atoms with Crippen LogP contribution in [0.1, 0.15) is 0 Å². The van der Waals surface area contributed by atoms with Crippen molar-refractivity contribution >= 4 is 23.1 Å². The second-order valence-corrected chi connectivity index (χ2v) is 3.50. The van der Waals surface area contributed by atoms with E-state index in [2.05, 4.69) is 9.59 Å². The van der Waals surface area contributed by atoms with Gasteiger partial charge in [0.05, 0.1) is 0 Å². The van der Waals surface area contributed by atoms with Crippen LogP contribution in [0.15, 0.2) is 23.6 Å². The smallest absolute Gasteiger partial charge is 0.125 e. The summed E-state index contributed by atoms with van der Waals surface area (Å²) in [5.74, 6) is 0.164. The van der Waals surface area contributed by atoms with Crippen LogP contribution >= 0.6 is 23.1 Å². The molecule has 0 radical (unpaired) electrons. The van der Waals surface area contributed by atoms with E-state index in [9.17, 15) is 5.11 Å². The Morgan fingerprint density at radius 3 is 2.92 bits per heavy atom. The largest absolute Gasteiger partial charge is 0.507 e. The maximum atomic E-state index is 9.48. The Bertz CT molecular complexity index is 416. The SMILES string of the molecule is Oc1ccc(Cl)cc1-c1csnn1. The minimum absolute atomic E-state index is 0.164. The molecule has 3 nitrogen and oxygen atoms in total. The quantitative estimate of drug-likeness (QED) is 0.790. The van der Waals surface area contributed by atoms with Crippen LogP contribution in [0.2, 0.25) is 5.02 Å². The second-order valence-electron chi connectivity index (χ2n) is 2.45. The van der Waals surface area contributed by atoms with Gasteiger partial charge in [-0.25, -0.2) is 0 Å². The Hall–Kier alpha value is -1.13. The normalized spacial score (nSPS) is 10.2. The maximum absolute atomic E-state index is 9.48. The molecule has 1 heterocycles. The van der Waals surface area contributed by atoms with E-state index in [-0.39, 0.29) is 5.75 Å². The molecule has 0 bridgehead atoms. The summed E-state index contributed by atoms with van der Waals surface area (Å²) in [6, 6.07) is 4.82. The molecule has 1 N–H and O–H groups in total.